The largest absolute Gasteiger partial charge is 0.352 e. The first-order chi connectivity index (χ1) is 9.31. The molecule has 19 heavy (non-hydrogen) atoms. The fourth-order valence-electron chi connectivity index (χ4n) is 1.94. The first kappa shape index (κ1) is 11.8. The molecule has 0 amide bonds. The van der Waals surface area contributed by atoms with E-state index in [-0.39, 0.29) is 5.69 Å². The quantitative estimate of drug-likeness (QED) is 0.886. The average molecular weight is 257 g/mol. The molecule has 0 radical (unpaired) electrons. The van der Waals surface area contributed by atoms with E-state index in [0.717, 1.165) is 18.5 Å². The van der Waals surface area contributed by atoms with Crippen molar-refractivity contribution in [1.29, 1.82) is 0 Å². The number of aromatic nitrogens is 4. The molecule has 0 unspecified atom stereocenters. The Morgan fingerprint density at radius 2 is 2.21 bits per heavy atom. The zero-order valence-corrected chi connectivity index (χ0v) is 10.5. The third kappa shape index (κ3) is 2.78. The molecular formula is C13H15N5O. The average Bonchev–Trinajstić information content (AvgIpc) is 2.38. The van der Waals surface area contributed by atoms with E-state index in [9.17, 15) is 4.79 Å². The van der Waals surface area contributed by atoms with Gasteiger partial charge in [0, 0.05) is 12.2 Å². The molecule has 0 saturated heterocycles. The van der Waals surface area contributed by atoms with Gasteiger partial charge >= 0.3 is 5.69 Å². The van der Waals surface area contributed by atoms with Gasteiger partial charge in [-0.25, -0.2) is 9.78 Å². The molecule has 6 heteroatoms. The molecule has 0 aromatic carbocycles. The van der Waals surface area contributed by atoms with Crippen LogP contribution >= 0.6 is 0 Å². The highest BCUT2D eigenvalue weighted by atomic mass is 16.1. The fourth-order valence-corrected chi connectivity index (χ4v) is 1.94. The van der Waals surface area contributed by atoms with Crippen molar-refractivity contribution in [3.8, 4) is 0 Å². The van der Waals surface area contributed by atoms with Crippen LogP contribution in [0.25, 0.3) is 0 Å². The summed E-state index contributed by atoms with van der Waals surface area (Å²) in [6.07, 6.45) is 6.70. The van der Waals surface area contributed by atoms with Crippen LogP contribution in [0, 0.1) is 0 Å². The van der Waals surface area contributed by atoms with Gasteiger partial charge in [-0.3, -0.25) is 9.55 Å². The summed E-state index contributed by atoms with van der Waals surface area (Å²) in [4.78, 5) is 24.2. The van der Waals surface area contributed by atoms with E-state index >= 15 is 0 Å². The van der Waals surface area contributed by atoms with Gasteiger partial charge < -0.3 is 5.32 Å². The minimum absolute atomic E-state index is 0.303. The second-order valence-corrected chi connectivity index (χ2v) is 4.68. The molecule has 2 aromatic rings. The van der Waals surface area contributed by atoms with Gasteiger partial charge in [0.05, 0.1) is 12.2 Å². The molecule has 1 fully saturated rings. The van der Waals surface area contributed by atoms with Gasteiger partial charge in [-0.1, -0.05) is 6.07 Å². The van der Waals surface area contributed by atoms with Crippen molar-refractivity contribution in [2.45, 2.75) is 31.8 Å². The van der Waals surface area contributed by atoms with E-state index in [1.807, 2.05) is 18.2 Å². The van der Waals surface area contributed by atoms with Gasteiger partial charge in [-0.05, 0) is 31.4 Å². The molecule has 98 valence electrons. The SMILES string of the molecule is O=c1nc(NC2CCC2)ncn1Cc1ccccn1. The molecule has 0 atom stereocenters. The molecule has 3 rings (SSSR count). The Morgan fingerprint density at radius 3 is 2.84 bits per heavy atom. The predicted molar refractivity (Wildman–Crippen MR) is 70.9 cm³/mol. The minimum atomic E-state index is -0.303. The van der Waals surface area contributed by atoms with Crippen molar-refractivity contribution in [2.75, 3.05) is 5.32 Å². The summed E-state index contributed by atoms with van der Waals surface area (Å²) in [5.41, 5.74) is 0.510. The van der Waals surface area contributed by atoms with Crippen LogP contribution in [0.3, 0.4) is 0 Å². The van der Waals surface area contributed by atoms with Crippen LogP contribution in [0.4, 0.5) is 5.95 Å². The molecule has 1 N–H and O–H groups in total. The van der Waals surface area contributed by atoms with E-state index in [1.54, 1.807) is 6.20 Å². The maximum absolute atomic E-state index is 11.9. The zero-order valence-electron chi connectivity index (χ0n) is 10.5. The highest BCUT2D eigenvalue weighted by molar-refractivity contribution is 5.24. The van der Waals surface area contributed by atoms with E-state index in [2.05, 4.69) is 20.3 Å². The summed E-state index contributed by atoms with van der Waals surface area (Å²) >= 11 is 0. The Hall–Kier alpha value is -2.24. The third-order valence-corrected chi connectivity index (χ3v) is 3.26. The van der Waals surface area contributed by atoms with Gasteiger partial charge in [0.1, 0.15) is 6.33 Å². The summed E-state index contributed by atoms with van der Waals surface area (Å²) in [6.45, 7) is 0.392. The van der Waals surface area contributed by atoms with Crippen molar-refractivity contribution < 1.29 is 0 Å². The van der Waals surface area contributed by atoms with Crippen molar-refractivity contribution in [2.24, 2.45) is 0 Å². The van der Waals surface area contributed by atoms with Crippen LogP contribution in [0.15, 0.2) is 35.5 Å². The lowest BCUT2D eigenvalue weighted by atomic mass is 9.93. The Labute approximate surface area is 110 Å². The molecule has 6 nitrogen and oxygen atoms in total. The van der Waals surface area contributed by atoms with Gasteiger partial charge in [0.25, 0.3) is 0 Å². The minimum Gasteiger partial charge on any atom is -0.351 e. The smallest absolute Gasteiger partial charge is 0.351 e. The Morgan fingerprint density at radius 1 is 1.32 bits per heavy atom. The highest BCUT2D eigenvalue weighted by Gasteiger charge is 2.18. The lowest BCUT2D eigenvalue weighted by Gasteiger charge is -2.26. The predicted octanol–water partition coefficient (Wildman–Crippen LogP) is 1.05. The van der Waals surface area contributed by atoms with Crippen molar-refractivity contribution in [3.05, 3.63) is 46.9 Å². The molecule has 0 spiro atoms. The number of hydrogen-bond acceptors (Lipinski definition) is 5. The van der Waals surface area contributed by atoms with Crippen LogP contribution < -0.4 is 11.0 Å². The standard InChI is InChI=1S/C13H15N5O/c19-13-17-12(16-10-5-3-6-10)15-9-18(13)8-11-4-1-2-7-14-11/h1-2,4,7,9-10H,3,5-6,8H2,(H,16,17,19). The molecule has 0 aliphatic heterocycles. The summed E-state index contributed by atoms with van der Waals surface area (Å²) in [6, 6.07) is 6.02. The Kier molecular flexibility index (Phi) is 3.22. The Bertz CT molecular complexity index is 606. The van der Waals surface area contributed by atoms with E-state index < -0.39 is 0 Å². The van der Waals surface area contributed by atoms with E-state index in [1.165, 1.54) is 17.3 Å². The molecule has 1 aliphatic rings. The Balaban J connectivity index is 1.74. The molecule has 1 aliphatic carbocycles. The van der Waals surface area contributed by atoms with Crippen LogP contribution in [-0.4, -0.2) is 25.6 Å². The summed E-state index contributed by atoms with van der Waals surface area (Å²) < 4.78 is 1.45. The fraction of sp³-hybridized carbons (Fsp3) is 0.385. The molecule has 2 aromatic heterocycles. The number of nitrogens with one attached hydrogen (secondary N) is 1. The number of pyridine rings is 1. The highest BCUT2D eigenvalue weighted by Crippen LogP contribution is 2.20. The van der Waals surface area contributed by atoms with Crippen molar-refractivity contribution in [3.63, 3.8) is 0 Å². The van der Waals surface area contributed by atoms with Crippen LogP contribution in [0.2, 0.25) is 0 Å². The normalized spacial score (nSPS) is 14.9. The van der Waals surface area contributed by atoms with Crippen LogP contribution in [-0.2, 0) is 6.54 Å². The lowest BCUT2D eigenvalue weighted by molar-refractivity contribution is 0.442. The third-order valence-electron chi connectivity index (χ3n) is 3.26. The monoisotopic (exact) mass is 257 g/mol. The summed E-state index contributed by atoms with van der Waals surface area (Å²) in [5, 5.41) is 3.16. The van der Waals surface area contributed by atoms with Gasteiger partial charge in [-0.15, -0.1) is 0 Å². The number of rotatable bonds is 4. The number of nitrogens with zero attached hydrogens (tertiary/aromatic N) is 4. The molecular weight excluding hydrogens is 242 g/mol. The zero-order chi connectivity index (χ0) is 13.1. The summed E-state index contributed by atoms with van der Waals surface area (Å²) in [5.74, 6) is 0.423. The van der Waals surface area contributed by atoms with Gasteiger partial charge in [0.15, 0.2) is 0 Å². The lowest BCUT2D eigenvalue weighted by Crippen LogP contribution is -2.31. The van der Waals surface area contributed by atoms with Gasteiger partial charge in [0.2, 0.25) is 5.95 Å². The molecule has 0 bridgehead atoms. The van der Waals surface area contributed by atoms with Crippen molar-refractivity contribution >= 4 is 5.95 Å². The number of anilines is 1. The van der Waals surface area contributed by atoms with E-state index in [0.29, 0.717) is 18.5 Å². The topological polar surface area (TPSA) is 72.7 Å². The van der Waals surface area contributed by atoms with Crippen LogP contribution in [0.5, 0.6) is 0 Å². The maximum atomic E-state index is 11.9. The molecule has 2 heterocycles. The first-order valence-corrected chi connectivity index (χ1v) is 6.41. The van der Waals surface area contributed by atoms with E-state index in [4.69, 9.17) is 0 Å². The summed E-state index contributed by atoms with van der Waals surface area (Å²) in [7, 11) is 0. The van der Waals surface area contributed by atoms with Crippen molar-refractivity contribution in [1.82, 2.24) is 19.5 Å². The second-order valence-electron chi connectivity index (χ2n) is 4.68. The molecule has 1 saturated carbocycles. The van der Waals surface area contributed by atoms with Gasteiger partial charge in [-0.2, -0.15) is 4.98 Å². The maximum Gasteiger partial charge on any atom is 0.352 e. The van der Waals surface area contributed by atoms with Crippen LogP contribution in [0.1, 0.15) is 25.0 Å². The first-order valence-electron chi connectivity index (χ1n) is 6.41. The number of hydrogen-bond donors (Lipinski definition) is 1. The second kappa shape index (κ2) is 5.17.